The number of pyridine rings is 1. The predicted octanol–water partition coefficient (Wildman–Crippen LogP) is 1.81. The van der Waals surface area contributed by atoms with Crippen LogP contribution in [0.2, 0.25) is 0 Å². The van der Waals surface area contributed by atoms with Gasteiger partial charge >= 0.3 is 0 Å². The Kier molecular flexibility index (Phi) is 3.73. The highest BCUT2D eigenvalue weighted by Crippen LogP contribution is 2.26. The number of hydrogen-bond donors (Lipinski definition) is 1. The standard InChI is InChI=1S/C16H17N5O3/c1-10-14(19-13-6-2-3-7-21(10)13)15(22)17-9-12-18-16(24-20-12)11-5-4-8-23-11/h2-3,6-7,11H,4-5,8-9H2,1H3,(H,17,22). The van der Waals surface area contributed by atoms with Crippen molar-refractivity contribution in [2.75, 3.05) is 6.61 Å². The number of nitrogens with one attached hydrogen (secondary N) is 1. The lowest BCUT2D eigenvalue weighted by atomic mass is 10.2. The van der Waals surface area contributed by atoms with Gasteiger partial charge in [0.2, 0.25) is 0 Å². The number of carbonyl (C=O) groups is 1. The van der Waals surface area contributed by atoms with E-state index in [1.54, 1.807) is 0 Å². The third kappa shape index (κ3) is 2.65. The highest BCUT2D eigenvalue weighted by molar-refractivity contribution is 5.94. The number of rotatable bonds is 4. The highest BCUT2D eigenvalue weighted by atomic mass is 16.5. The lowest BCUT2D eigenvalue weighted by Crippen LogP contribution is -2.24. The maximum Gasteiger partial charge on any atom is 0.272 e. The number of aryl methyl sites for hydroxylation is 1. The third-order valence-corrected chi connectivity index (χ3v) is 4.08. The van der Waals surface area contributed by atoms with Gasteiger partial charge in [0.15, 0.2) is 5.82 Å². The van der Waals surface area contributed by atoms with Crippen molar-refractivity contribution in [2.45, 2.75) is 32.4 Å². The van der Waals surface area contributed by atoms with Gasteiger partial charge in [0.1, 0.15) is 17.4 Å². The molecule has 4 heterocycles. The number of aromatic nitrogens is 4. The lowest BCUT2D eigenvalue weighted by molar-refractivity contribution is 0.0835. The molecule has 1 N–H and O–H groups in total. The summed E-state index contributed by atoms with van der Waals surface area (Å²) in [6.07, 6.45) is 3.63. The molecule has 3 aromatic rings. The average molecular weight is 327 g/mol. The van der Waals surface area contributed by atoms with Crippen molar-refractivity contribution in [3.05, 3.63) is 47.5 Å². The first-order valence-electron chi connectivity index (χ1n) is 7.88. The van der Waals surface area contributed by atoms with Crippen LogP contribution < -0.4 is 5.32 Å². The van der Waals surface area contributed by atoms with E-state index < -0.39 is 0 Å². The molecule has 1 aliphatic heterocycles. The normalized spacial score (nSPS) is 17.5. The van der Waals surface area contributed by atoms with E-state index in [1.165, 1.54) is 0 Å². The first-order valence-corrected chi connectivity index (χ1v) is 7.88. The molecule has 1 aliphatic rings. The number of amides is 1. The van der Waals surface area contributed by atoms with E-state index in [0.717, 1.165) is 24.2 Å². The molecule has 1 saturated heterocycles. The Hall–Kier alpha value is -2.74. The zero-order chi connectivity index (χ0) is 16.5. The predicted molar refractivity (Wildman–Crippen MR) is 83.3 cm³/mol. The molecule has 24 heavy (non-hydrogen) atoms. The fraction of sp³-hybridized carbons (Fsp3) is 0.375. The number of imidazole rings is 1. The van der Waals surface area contributed by atoms with Gasteiger partial charge in [0.05, 0.1) is 12.2 Å². The molecular weight excluding hydrogens is 310 g/mol. The van der Waals surface area contributed by atoms with Gasteiger partial charge in [-0.15, -0.1) is 0 Å². The molecule has 1 fully saturated rings. The Morgan fingerprint density at radius 3 is 3.12 bits per heavy atom. The quantitative estimate of drug-likeness (QED) is 0.785. The second-order valence-corrected chi connectivity index (χ2v) is 5.71. The molecule has 0 aliphatic carbocycles. The minimum Gasteiger partial charge on any atom is -0.368 e. The summed E-state index contributed by atoms with van der Waals surface area (Å²) in [6, 6.07) is 5.64. The number of carbonyl (C=O) groups excluding carboxylic acids is 1. The van der Waals surface area contributed by atoms with Gasteiger partial charge in [-0.3, -0.25) is 4.79 Å². The zero-order valence-corrected chi connectivity index (χ0v) is 13.2. The molecule has 124 valence electrons. The van der Waals surface area contributed by atoms with Crippen molar-refractivity contribution >= 4 is 11.6 Å². The molecule has 4 rings (SSSR count). The first-order chi connectivity index (χ1) is 11.7. The van der Waals surface area contributed by atoms with Crippen LogP contribution in [0.3, 0.4) is 0 Å². The minimum atomic E-state index is -0.264. The fourth-order valence-corrected chi connectivity index (χ4v) is 2.82. The van der Waals surface area contributed by atoms with Crippen LogP contribution in [0.15, 0.2) is 28.9 Å². The van der Waals surface area contributed by atoms with Gasteiger partial charge in [-0.1, -0.05) is 11.2 Å². The van der Waals surface area contributed by atoms with Crippen molar-refractivity contribution in [1.82, 2.24) is 24.8 Å². The topological polar surface area (TPSA) is 94.5 Å². The van der Waals surface area contributed by atoms with Crippen LogP contribution in [0.25, 0.3) is 5.65 Å². The molecule has 3 aromatic heterocycles. The van der Waals surface area contributed by atoms with Crippen LogP contribution in [-0.2, 0) is 11.3 Å². The number of hydrogen-bond acceptors (Lipinski definition) is 6. The monoisotopic (exact) mass is 327 g/mol. The summed E-state index contributed by atoms with van der Waals surface area (Å²) in [6.45, 7) is 2.76. The molecule has 1 amide bonds. The van der Waals surface area contributed by atoms with Crippen molar-refractivity contribution in [1.29, 1.82) is 0 Å². The summed E-state index contributed by atoms with van der Waals surface area (Å²) in [5, 5.41) is 6.67. The summed E-state index contributed by atoms with van der Waals surface area (Å²) < 4.78 is 12.6. The minimum absolute atomic E-state index is 0.123. The fourth-order valence-electron chi connectivity index (χ4n) is 2.82. The molecular formula is C16H17N5O3. The Labute approximate surface area is 137 Å². The number of nitrogens with zero attached hydrogens (tertiary/aromatic N) is 4. The van der Waals surface area contributed by atoms with Crippen molar-refractivity contribution in [3.63, 3.8) is 0 Å². The summed E-state index contributed by atoms with van der Waals surface area (Å²) in [4.78, 5) is 21.0. The van der Waals surface area contributed by atoms with E-state index in [9.17, 15) is 4.79 Å². The van der Waals surface area contributed by atoms with E-state index in [-0.39, 0.29) is 18.6 Å². The summed E-state index contributed by atoms with van der Waals surface area (Å²) >= 11 is 0. The Balaban J connectivity index is 1.45. The van der Waals surface area contributed by atoms with Crippen LogP contribution in [-0.4, -0.2) is 32.0 Å². The van der Waals surface area contributed by atoms with Gasteiger partial charge in [-0.25, -0.2) is 4.98 Å². The van der Waals surface area contributed by atoms with Gasteiger partial charge < -0.3 is 19.0 Å². The largest absolute Gasteiger partial charge is 0.368 e. The van der Waals surface area contributed by atoms with Crippen LogP contribution in [0.1, 0.15) is 46.8 Å². The van der Waals surface area contributed by atoms with E-state index in [1.807, 2.05) is 35.7 Å². The zero-order valence-electron chi connectivity index (χ0n) is 13.2. The van der Waals surface area contributed by atoms with Crippen LogP contribution >= 0.6 is 0 Å². The van der Waals surface area contributed by atoms with Crippen molar-refractivity contribution in [2.24, 2.45) is 0 Å². The van der Waals surface area contributed by atoms with Gasteiger partial charge in [0, 0.05) is 12.8 Å². The van der Waals surface area contributed by atoms with Gasteiger partial charge in [-0.05, 0) is 31.9 Å². The second-order valence-electron chi connectivity index (χ2n) is 5.71. The highest BCUT2D eigenvalue weighted by Gasteiger charge is 2.24. The summed E-state index contributed by atoms with van der Waals surface area (Å²) in [5.74, 6) is 0.635. The number of fused-ring (bicyclic) bond motifs is 1. The third-order valence-electron chi connectivity index (χ3n) is 4.08. The molecule has 8 nitrogen and oxygen atoms in total. The van der Waals surface area contributed by atoms with E-state index >= 15 is 0 Å². The molecule has 0 aromatic carbocycles. The first kappa shape index (κ1) is 14.8. The van der Waals surface area contributed by atoms with E-state index in [2.05, 4.69) is 20.4 Å². The maximum atomic E-state index is 12.4. The number of ether oxygens (including phenoxy) is 1. The average Bonchev–Trinajstić information content (AvgIpc) is 3.33. The van der Waals surface area contributed by atoms with Crippen molar-refractivity contribution in [3.8, 4) is 0 Å². The molecule has 0 spiro atoms. The SMILES string of the molecule is Cc1c(C(=O)NCc2noc(C3CCCO3)n2)nc2ccccn12. The van der Waals surface area contributed by atoms with Crippen molar-refractivity contribution < 1.29 is 14.1 Å². The molecule has 1 atom stereocenters. The molecule has 8 heteroatoms. The summed E-state index contributed by atoms with van der Waals surface area (Å²) in [7, 11) is 0. The van der Waals surface area contributed by atoms with Crippen LogP contribution in [0, 0.1) is 6.92 Å². The molecule has 1 unspecified atom stereocenters. The van der Waals surface area contributed by atoms with Gasteiger partial charge in [-0.2, -0.15) is 4.98 Å². The lowest BCUT2D eigenvalue weighted by Gasteiger charge is -2.01. The van der Waals surface area contributed by atoms with E-state index in [0.29, 0.717) is 24.0 Å². The maximum absolute atomic E-state index is 12.4. The van der Waals surface area contributed by atoms with Crippen LogP contribution in [0.5, 0.6) is 0 Å². The van der Waals surface area contributed by atoms with Crippen LogP contribution in [0.4, 0.5) is 0 Å². The Morgan fingerprint density at radius 2 is 2.33 bits per heavy atom. The summed E-state index contributed by atoms with van der Waals surface area (Å²) in [5.41, 5.74) is 1.92. The molecule has 0 bridgehead atoms. The smallest absolute Gasteiger partial charge is 0.272 e. The second kappa shape index (κ2) is 6.04. The Morgan fingerprint density at radius 1 is 1.42 bits per heavy atom. The van der Waals surface area contributed by atoms with E-state index in [4.69, 9.17) is 9.26 Å². The molecule has 0 saturated carbocycles. The van der Waals surface area contributed by atoms with Gasteiger partial charge in [0.25, 0.3) is 11.8 Å². The Bertz CT molecular complexity index is 879. The molecule has 0 radical (unpaired) electrons.